The van der Waals surface area contributed by atoms with Crippen LogP contribution in [0.1, 0.15) is 71.1 Å². The van der Waals surface area contributed by atoms with Gasteiger partial charge in [-0.1, -0.05) is 39.0 Å². The zero-order valence-electron chi connectivity index (χ0n) is 10.2. The van der Waals surface area contributed by atoms with E-state index in [9.17, 15) is 5.11 Å². The molecule has 0 radical (unpaired) electrons. The first-order valence-electron chi connectivity index (χ1n) is 6.97. The van der Waals surface area contributed by atoms with Crippen molar-refractivity contribution in [1.82, 2.24) is 0 Å². The SMILES string of the molecule is CCC1CCCC(O)(C2CCCC2)CC1. The van der Waals surface area contributed by atoms with Crippen LogP contribution >= 0.6 is 0 Å². The zero-order valence-corrected chi connectivity index (χ0v) is 10.2. The molecule has 0 aliphatic heterocycles. The molecule has 0 aromatic rings. The molecule has 1 heteroatoms. The molecule has 0 amide bonds. The highest BCUT2D eigenvalue weighted by molar-refractivity contribution is 4.91. The molecule has 1 nitrogen and oxygen atoms in total. The van der Waals surface area contributed by atoms with Gasteiger partial charge in [0.05, 0.1) is 5.60 Å². The second kappa shape index (κ2) is 4.86. The summed E-state index contributed by atoms with van der Waals surface area (Å²) < 4.78 is 0. The molecule has 0 heterocycles. The summed E-state index contributed by atoms with van der Waals surface area (Å²) in [7, 11) is 0. The summed E-state index contributed by atoms with van der Waals surface area (Å²) in [6, 6.07) is 0. The van der Waals surface area contributed by atoms with E-state index in [2.05, 4.69) is 6.92 Å². The Balaban J connectivity index is 1.95. The van der Waals surface area contributed by atoms with Crippen LogP contribution in [0.2, 0.25) is 0 Å². The van der Waals surface area contributed by atoms with E-state index in [-0.39, 0.29) is 5.60 Å². The summed E-state index contributed by atoms with van der Waals surface area (Å²) >= 11 is 0. The van der Waals surface area contributed by atoms with Crippen molar-refractivity contribution in [3.8, 4) is 0 Å². The van der Waals surface area contributed by atoms with E-state index in [0.29, 0.717) is 5.92 Å². The van der Waals surface area contributed by atoms with Crippen molar-refractivity contribution in [2.24, 2.45) is 11.8 Å². The first kappa shape index (κ1) is 11.4. The average Bonchev–Trinajstić information content (AvgIpc) is 2.71. The molecule has 88 valence electrons. The number of rotatable bonds is 2. The van der Waals surface area contributed by atoms with Crippen molar-refractivity contribution in [1.29, 1.82) is 0 Å². The molecule has 2 unspecified atom stereocenters. The lowest BCUT2D eigenvalue weighted by Crippen LogP contribution is -2.36. The minimum absolute atomic E-state index is 0.277. The van der Waals surface area contributed by atoms with Gasteiger partial charge in [0, 0.05) is 0 Å². The van der Waals surface area contributed by atoms with Gasteiger partial charge in [0.2, 0.25) is 0 Å². The topological polar surface area (TPSA) is 20.2 Å². The van der Waals surface area contributed by atoms with Crippen molar-refractivity contribution in [2.75, 3.05) is 0 Å². The number of hydrogen-bond donors (Lipinski definition) is 1. The van der Waals surface area contributed by atoms with Crippen LogP contribution in [0.15, 0.2) is 0 Å². The molecule has 0 saturated heterocycles. The Morgan fingerprint density at radius 3 is 2.40 bits per heavy atom. The van der Waals surface area contributed by atoms with Crippen molar-refractivity contribution in [3.63, 3.8) is 0 Å². The summed E-state index contributed by atoms with van der Waals surface area (Å²) in [5.41, 5.74) is -0.277. The maximum absolute atomic E-state index is 10.8. The Morgan fingerprint density at radius 2 is 1.73 bits per heavy atom. The van der Waals surface area contributed by atoms with Gasteiger partial charge in [-0.3, -0.25) is 0 Å². The minimum Gasteiger partial charge on any atom is -0.390 e. The zero-order chi connectivity index (χ0) is 10.7. The van der Waals surface area contributed by atoms with Crippen LogP contribution in [0.5, 0.6) is 0 Å². The molecule has 2 fully saturated rings. The lowest BCUT2D eigenvalue weighted by Gasteiger charge is -2.33. The van der Waals surface area contributed by atoms with Crippen molar-refractivity contribution < 1.29 is 5.11 Å². The Labute approximate surface area is 94.3 Å². The molecule has 0 bridgehead atoms. The second-order valence-corrected chi connectivity index (χ2v) is 5.79. The van der Waals surface area contributed by atoms with Gasteiger partial charge in [-0.15, -0.1) is 0 Å². The van der Waals surface area contributed by atoms with Crippen LogP contribution in [0.3, 0.4) is 0 Å². The van der Waals surface area contributed by atoms with Crippen LogP contribution in [0.4, 0.5) is 0 Å². The fourth-order valence-electron chi connectivity index (χ4n) is 3.70. The molecule has 2 rings (SSSR count). The number of aliphatic hydroxyl groups is 1. The van der Waals surface area contributed by atoms with Gasteiger partial charge >= 0.3 is 0 Å². The largest absolute Gasteiger partial charge is 0.390 e. The quantitative estimate of drug-likeness (QED) is 0.685. The van der Waals surface area contributed by atoms with Gasteiger partial charge < -0.3 is 5.11 Å². The molecule has 2 aliphatic carbocycles. The van der Waals surface area contributed by atoms with E-state index < -0.39 is 0 Å². The first-order chi connectivity index (χ1) is 7.24. The summed E-state index contributed by atoms with van der Waals surface area (Å²) in [6.45, 7) is 2.30. The number of hydrogen-bond acceptors (Lipinski definition) is 1. The van der Waals surface area contributed by atoms with Gasteiger partial charge in [-0.05, 0) is 43.9 Å². The Bertz CT molecular complexity index is 196. The molecule has 0 spiro atoms. The van der Waals surface area contributed by atoms with Crippen LogP contribution in [0.25, 0.3) is 0 Å². The highest BCUT2D eigenvalue weighted by Gasteiger charge is 2.39. The van der Waals surface area contributed by atoms with Crippen molar-refractivity contribution >= 4 is 0 Å². The van der Waals surface area contributed by atoms with E-state index in [1.54, 1.807) is 0 Å². The fourth-order valence-corrected chi connectivity index (χ4v) is 3.70. The van der Waals surface area contributed by atoms with Crippen molar-refractivity contribution in [3.05, 3.63) is 0 Å². The highest BCUT2D eigenvalue weighted by Crippen LogP contribution is 2.43. The van der Waals surface area contributed by atoms with Crippen LogP contribution in [-0.4, -0.2) is 10.7 Å². The molecule has 2 saturated carbocycles. The van der Waals surface area contributed by atoms with Gasteiger partial charge in [-0.2, -0.15) is 0 Å². The monoisotopic (exact) mass is 210 g/mol. The van der Waals surface area contributed by atoms with E-state index >= 15 is 0 Å². The molecule has 0 aromatic carbocycles. The predicted octanol–water partition coefficient (Wildman–Crippen LogP) is 3.90. The van der Waals surface area contributed by atoms with E-state index in [4.69, 9.17) is 0 Å². The molecule has 1 N–H and O–H groups in total. The third-order valence-corrected chi connectivity index (χ3v) is 4.90. The summed E-state index contributed by atoms with van der Waals surface area (Å²) in [5, 5.41) is 10.8. The van der Waals surface area contributed by atoms with Crippen LogP contribution < -0.4 is 0 Å². The minimum atomic E-state index is -0.277. The van der Waals surface area contributed by atoms with Gasteiger partial charge in [0.25, 0.3) is 0 Å². The maximum atomic E-state index is 10.8. The Kier molecular flexibility index (Phi) is 3.71. The van der Waals surface area contributed by atoms with Crippen LogP contribution in [0, 0.1) is 11.8 Å². The highest BCUT2D eigenvalue weighted by atomic mass is 16.3. The summed E-state index contributed by atoms with van der Waals surface area (Å²) in [5.74, 6) is 1.52. The standard InChI is InChI=1S/C14H26O/c1-2-12-6-5-10-14(15,11-9-12)13-7-3-4-8-13/h12-13,15H,2-11H2,1H3. The Hall–Kier alpha value is -0.0400. The third-order valence-electron chi connectivity index (χ3n) is 4.90. The van der Waals surface area contributed by atoms with Gasteiger partial charge in [0.1, 0.15) is 0 Å². The van der Waals surface area contributed by atoms with E-state index in [1.807, 2.05) is 0 Å². The predicted molar refractivity (Wildman–Crippen MR) is 63.8 cm³/mol. The fraction of sp³-hybridized carbons (Fsp3) is 1.00. The molecule has 2 aliphatic rings. The average molecular weight is 210 g/mol. The second-order valence-electron chi connectivity index (χ2n) is 5.79. The lowest BCUT2D eigenvalue weighted by atomic mass is 9.80. The first-order valence-corrected chi connectivity index (χ1v) is 6.97. The summed E-state index contributed by atoms with van der Waals surface area (Å²) in [4.78, 5) is 0. The van der Waals surface area contributed by atoms with Gasteiger partial charge in [0.15, 0.2) is 0 Å². The van der Waals surface area contributed by atoms with Crippen LogP contribution in [-0.2, 0) is 0 Å². The maximum Gasteiger partial charge on any atom is 0.0675 e. The molecule has 15 heavy (non-hydrogen) atoms. The third kappa shape index (κ3) is 2.55. The van der Waals surface area contributed by atoms with E-state index in [1.165, 1.54) is 51.4 Å². The molecular formula is C14H26O. The lowest BCUT2D eigenvalue weighted by molar-refractivity contribution is -0.0305. The van der Waals surface area contributed by atoms with Crippen molar-refractivity contribution in [2.45, 2.75) is 76.7 Å². The summed E-state index contributed by atoms with van der Waals surface area (Å²) in [6.07, 6.45) is 12.6. The van der Waals surface area contributed by atoms with Gasteiger partial charge in [-0.25, -0.2) is 0 Å². The normalized spacial score (nSPS) is 39.2. The molecular weight excluding hydrogens is 184 g/mol. The van der Waals surface area contributed by atoms with E-state index in [0.717, 1.165) is 18.8 Å². The Morgan fingerprint density at radius 1 is 1.00 bits per heavy atom. The molecule has 2 atom stereocenters. The smallest absolute Gasteiger partial charge is 0.0675 e. The molecule has 0 aromatic heterocycles.